The number of esters is 1. The zero-order chi connectivity index (χ0) is 20.0. The van der Waals surface area contributed by atoms with Crippen molar-refractivity contribution < 1.29 is 32.3 Å². The van der Waals surface area contributed by atoms with Crippen molar-refractivity contribution in [2.45, 2.75) is 6.18 Å². The summed E-state index contributed by atoms with van der Waals surface area (Å²) in [6, 6.07) is 10.9. The summed E-state index contributed by atoms with van der Waals surface area (Å²) in [5.74, 6) is -3.73. The Morgan fingerprint density at radius 1 is 0.963 bits per heavy atom. The molecule has 2 amide bonds. The number of halogens is 4. The molecule has 0 unspecified atom stereocenters. The molecule has 2 aromatic carbocycles. The Balaban J connectivity index is 1.92. The van der Waals surface area contributed by atoms with Gasteiger partial charge in [0.1, 0.15) is 0 Å². The molecule has 0 aliphatic rings. The van der Waals surface area contributed by atoms with Crippen LogP contribution in [0.3, 0.4) is 0 Å². The number of amides is 2. The number of benzene rings is 2. The molecule has 0 fully saturated rings. The minimum atomic E-state index is -5.06. The van der Waals surface area contributed by atoms with Crippen LogP contribution in [0.15, 0.2) is 48.5 Å². The number of hydrogen-bond acceptors (Lipinski definition) is 4. The number of anilines is 2. The van der Waals surface area contributed by atoms with E-state index in [4.69, 9.17) is 16.3 Å². The lowest BCUT2D eigenvalue weighted by Gasteiger charge is -2.10. The van der Waals surface area contributed by atoms with Crippen molar-refractivity contribution in [2.24, 2.45) is 0 Å². The largest absolute Gasteiger partial charge is 0.471 e. The van der Waals surface area contributed by atoms with Crippen LogP contribution >= 0.6 is 11.6 Å². The van der Waals surface area contributed by atoms with Gasteiger partial charge in [0.2, 0.25) is 0 Å². The Morgan fingerprint density at radius 3 is 2.26 bits per heavy atom. The van der Waals surface area contributed by atoms with Crippen LogP contribution in [0.2, 0.25) is 5.02 Å². The van der Waals surface area contributed by atoms with Crippen LogP contribution in [-0.2, 0) is 14.3 Å². The van der Waals surface area contributed by atoms with Crippen molar-refractivity contribution in [3.63, 3.8) is 0 Å². The van der Waals surface area contributed by atoms with Gasteiger partial charge in [-0.05, 0) is 42.5 Å². The number of hydrogen-bond donors (Lipinski definition) is 2. The summed E-state index contributed by atoms with van der Waals surface area (Å²) >= 11 is 5.72. The van der Waals surface area contributed by atoms with Crippen LogP contribution in [0.5, 0.6) is 0 Å². The fourth-order valence-electron chi connectivity index (χ4n) is 1.87. The fraction of sp³-hybridized carbons (Fsp3) is 0.118. The third kappa shape index (κ3) is 6.30. The van der Waals surface area contributed by atoms with Gasteiger partial charge in [-0.25, -0.2) is 4.79 Å². The van der Waals surface area contributed by atoms with E-state index in [1.54, 1.807) is 29.6 Å². The van der Waals surface area contributed by atoms with E-state index in [1.807, 2.05) is 0 Å². The SMILES string of the molecule is O=C(COC(=O)c1cccc(NC(=O)C(F)(F)F)c1)Nc1ccc(Cl)cc1. The molecule has 0 spiro atoms. The van der Waals surface area contributed by atoms with Gasteiger partial charge in [-0.15, -0.1) is 0 Å². The summed E-state index contributed by atoms with van der Waals surface area (Å²) in [6.07, 6.45) is -5.06. The first-order valence-corrected chi connectivity index (χ1v) is 7.74. The lowest BCUT2D eigenvalue weighted by molar-refractivity contribution is -0.167. The molecule has 0 atom stereocenters. The molecule has 10 heteroatoms. The van der Waals surface area contributed by atoms with E-state index in [9.17, 15) is 27.6 Å². The summed E-state index contributed by atoms with van der Waals surface area (Å²) in [5, 5.41) is 4.57. The lowest BCUT2D eigenvalue weighted by atomic mass is 10.2. The first kappa shape index (κ1) is 20.2. The second-order valence-electron chi connectivity index (χ2n) is 5.16. The predicted octanol–water partition coefficient (Wildman–Crippen LogP) is 3.64. The Labute approximate surface area is 156 Å². The topological polar surface area (TPSA) is 84.5 Å². The van der Waals surface area contributed by atoms with Crippen LogP contribution < -0.4 is 10.6 Å². The third-order valence-electron chi connectivity index (χ3n) is 3.08. The minimum absolute atomic E-state index is 0.130. The first-order valence-electron chi connectivity index (χ1n) is 7.36. The molecular formula is C17H12ClF3N2O4. The molecule has 0 aliphatic carbocycles. The quantitative estimate of drug-likeness (QED) is 0.750. The smallest absolute Gasteiger partial charge is 0.452 e. The molecule has 0 heterocycles. The second-order valence-corrected chi connectivity index (χ2v) is 5.60. The highest BCUT2D eigenvalue weighted by Gasteiger charge is 2.38. The van der Waals surface area contributed by atoms with Gasteiger partial charge >= 0.3 is 18.1 Å². The first-order chi connectivity index (χ1) is 12.6. The van der Waals surface area contributed by atoms with Crippen LogP contribution in [0.4, 0.5) is 24.5 Å². The van der Waals surface area contributed by atoms with Gasteiger partial charge < -0.3 is 15.4 Å². The van der Waals surface area contributed by atoms with Gasteiger partial charge in [0, 0.05) is 16.4 Å². The van der Waals surface area contributed by atoms with E-state index in [0.717, 1.165) is 6.07 Å². The monoisotopic (exact) mass is 400 g/mol. The zero-order valence-electron chi connectivity index (χ0n) is 13.5. The van der Waals surface area contributed by atoms with Crippen LogP contribution in [0.25, 0.3) is 0 Å². The van der Waals surface area contributed by atoms with Gasteiger partial charge in [-0.1, -0.05) is 17.7 Å². The van der Waals surface area contributed by atoms with Crippen molar-refractivity contribution in [1.29, 1.82) is 0 Å². The van der Waals surface area contributed by atoms with E-state index in [0.29, 0.717) is 10.7 Å². The molecule has 142 valence electrons. The van der Waals surface area contributed by atoms with Gasteiger partial charge in [0.15, 0.2) is 6.61 Å². The molecule has 6 nitrogen and oxygen atoms in total. The highest BCUT2D eigenvalue weighted by molar-refractivity contribution is 6.30. The van der Waals surface area contributed by atoms with Crippen LogP contribution in [-0.4, -0.2) is 30.6 Å². The molecule has 0 aromatic heterocycles. The Hall–Kier alpha value is -3.07. The Bertz CT molecular complexity index is 854. The van der Waals surface area contributed by atoms with E-state index < -0.39 is 30.6 Å². The van der Waals surface area contributed by atoms with E-state index in [-0.39, 0.29) is 11.3 Å². The fourth-order valence-corrected chi connectivity index (χ4v) is 2.00. The molecule has 0 saturated carbocycles. The maximum atomic E-state index is 12.2. The second kappa shape index (κ2) is 8.54. The van der Waals surface area contributed by atoms with E-state index >= 15 is 0 Å². The summed E-state index contributed by atoms with van der Waals surface area (Å²) in [5.41, 5.74) is 0.0731. The molecule has 2 rings (SSSR count). The average Bonchev–Trinajstić information content (AvgIpc) is 2.61. The molecule has 2 N–H and O–H groups in total. The molecule has 0 radical (unpaired) electrons. The minimum Gasteiger partial charge on any atom is -0.452 e. The maximum absolute atomic E-state index is 12.2. The van der Waals surface area contributed by atoms with Crippen molar-refractivity contribution in [2.75, 3.05) is 17.2 Å². The van der Waals surface area contributed by atoms with Crippen molar-refractivity contribution in [1.82, 2.24) is 0 Å². The summed E-state index contributed by atoms with van der Waals surface area (Å²) in [6.45, 7) is -0.611. The summed E-state index contributed by atoms with van der Waals surface area (Å²) < 4.78 is 41.5. The molecule has 2 aromatic rings. The Morgan fingerprint density at radius 2 is 1.63 bits per heavy atom. The van der Waals surface area contributed by atoms with Gasteiger partial charge in [0.05, 0.1) is 5.56 Å². The molecule has 0 aliphatic heterocycles. The van der Waals surface area contributed by atoms with E-state index in [2.05, 4.69) is 5.32 Å². The van der Waals surface area contributed by atoms with Crippen molar-refractivity contribution >= 4 is 40.8 Å². The van der Waals surface area contributed by atoms with Gasteiger partial charge in [0.25, 0.3) is 5.91 Å². The average molecular weight is 401 g/mol. The van der Waals surface area contributed by atoms with E-state index in [1.165, 1.54) is 18.2 Å². The zero-order valence-corrected chi connectivity index (χ0v) is 14.2. The lowest BCUT2D eigenvalue weighted by Crippen LogP contribution is -2.30. The number of carbonyl (C=O) groups excluding carboxylic acids is 3. The number of nitrogens with one attached hydrogen (secondary N) is 2. The standard InChI is InChI=1S/C17H12ClF3N2O4/c18-11-4-6-12(7-5-11)22-14(24)9-27-15(25)10-2-1-3-13(8-10)23-16(26)17(19,20)21/h1-8H,9H2,(H,22,24)(H,23,26). The summed E-state index contributed by atoms with van der Waals surface area (Å²) in [4.78, 5) is 34.6. The number of rotatable bonds is 5. The number of alkyl halides is 3. The number of ether oxygens (including phenoxy) is 1. The maximum Gasteiger partial charge on any atom is 0.471 e. The molecule has 0 saturated heterocycles. The van der Waals surface area contributed by atoms with Crippen LogP contribution in [0.1, 0.15) is 10.4 Å². The van der Waals surface area contributed by atoms with Crippen molar-refractivity contribution in [3.8, 4) is 0 Å². The Kier molecular flexibility index (Phi) is 6.40. The van der Waals surface area contributed by atoms with Gasteiger partial charge in [-0.3, -0.25) is 9.59 Å². The van der Waals surface area contributed by atoms with Gasteiger partial charge in [-0.2, -0.15) is 13.2 Å². The molecule has 27 heavy (non-hydrogen) atoms. The third-order valence-corrected chi connectivity index (χ3v) is 3.33. The molecular weight excluding hydrogens is 389 g/mol. The highest BCUT2D eigenvalue weighted by atomic mass is 35.5. The highest BCUT2D eigenvalue weighted by Crippen LogP contribution is 2.19. The number of carbonyl (C=O) groups is 3. The normalized spacial score (nSPS) is 10.8. The van der Waals surface area contributed by atoms with Crippen molar-refractivity contribution in [3.05, 3.63) is 59.1 Å². The molecule has 0 bridgehead atoms. The summed E-state index contributed by atoms with van der Waals surface area (Å²) in [7, 11) is 0. The predicted molar refractivity (Wildman–Crippen MR) is 91.5 cm³/mol. The van der Waals surface area contributed by atoms with Crippen LogP contribution in [0, 0.1) is 0 Å².